The van der Waals surface area contributed by atoms with Gasteiger partial charge >= 0.3 is 0 Å². The molecule has 0 amide bonds. The predicted octanol–water partition coefficient (Wildman–Crippen LogP) is 3.00. The van der Waals surface area contributed by atoms with Crippen LogP contribution in [0.1, 0.15) is 26.3 Å². The van der Waals surface area contributed by atoms with Crippen molar-refractivity contribution in [1.82, 2.24) is 14.9 Å². The molecule has 1 N–H and O–H groups in total. The van der Waals surface area contributed by atoms with Crippen LogP contribution in [0.3, 0.4) is 0 Å². The summed E-state index contributed by atoms with van der Waals surface area (Å²) in [5.74, 6) is 0.838. The van der Waals surface area contributed by atoms with Crippen molar-refractivity contribution in [1.29, 1.82) is 0 Å². The summed E-state index contributed by atoms with van der Waals surface area (Å²) in [6.45, 7) is 6.05. The third-order valence-electron chi connectivity index (χ3n) is 2.17. The molecule has 0 saturated carbocycles. The SMILES string of the molecule is CC(C)(C)Oc1ccc(/C=N\n2cn[nH]c2=S)cc1. The van der Waals surface area contributed by atoms with Crippen LogP contribution < -0.4 is 4.74 Å². The highest BCUT2D eigenvalue weighted by Crippen LogP contribution is 2.17. The second-order valence-corrected chi connectivity index (χ2v) is 5.42. The number of hydrogen-bond donors (Lipinski definition) is 1. The molecule has 0 atom stereocenters. The maximum atomic E-state index is 5.74. The Labute approximate surface area is 116 Å². The molecule has 0 fully saturated rings. The summed E-state index contributed by atoms with van der Waals surface area (Å²) in [5.41, 5.74) is 0.767. The number of aromatic nitrogens is 3. The normalized spacial score (nSPS) is 11.9. The van der Waals surface area contributed by atoms with Gasteiger partial charge < -0.3 is 4.74 Å². The number of benzene rings is 1. The van der Waals surface area contributed by atoms with E-state index in [1.54, 1.807) is 6.21 Å². The fourth-order valence-electron chi connectivity index (χ4n) is 1.43. The molecule has 1 heterocycles. The number of rotatable bonds is 3. The summed E-state index contributed by atoms with van der Waals surface area (Å²) in [6, 6.07) is 7.71. The van der Waals surface area contributed by atoms with Crippen LogP contribution in [-0.4, -0.2) is 26.7 Å². The molecule has 0 bridgehead atoms. The first-order valence-corrected chi connectivity index (χ1v) is 6.30. The second-order valence-electron chi connectivity index (χ2n) is 5.03. The van der Waals surface area contributed by atoms with Gasteiger partial charge in [0.15, 0.2) is 0 Å². The van der Waals surface area contributed by atoms with Crippen molar-refractivity contribution in [3.8, 4) is 5.75 Å². The van der Waals surface area contributed by atoms with Gasteiger partial charge in [-0.05, 0) is 62.8 Å². The molecule has 5 nitrogen and oxygen atoms in total. The van der Waals surface area contributed by atoms with Crippen LogP contribution in [0, 0.1) is 4.77 Å². The van der Waals surface area contributed by atoms with Gasteiger partial charge in [0.25, 0.3) is 0 Å². The Morgan fingerprint density at radius 1 is 1.32 bits per heavy atom. The van der Waals surface area contributed by atoms with Crippen molar-refractivity contribution in [3.63, 3.8) is 0 Å². The highest BCUT2D eigenvalue weighted by atomic mass is 32.1. The molecule has 0 saturated heterocycles. The number of ether oxygens (including phenoxy) is 1. The zero-order valence-electron chi connectivity index (χ0n) is 11.1. The highest BCUT2D eigenvalue weighted by Gasteiger charge is 2.10. The lowest BCUT2D eigenvalue weighted by molar-refractivity contribution is 0.131. The van der Waals surface area contributed by atoms with Gasteiger partial charge in [-0.25, -0.2) is 0 Å². The lowest BCUT2D eigenvalue weighted by Crippen LogP contribution is -2.22. The van der Waals surface area contributed by atoms with E-state index in [1.807, 2.05) is 45.0 Å². The monoisotopic (exact) mass is 276 g/mol. The number of nitrogens with zero attached hydrogens (tertiary/aromatic N) is 3. The second kappa shape index (κ2) is 5.36. The van der Waals surface area contributed by atoms with Crippen LogP contribution in [0.15, 0.2) is 35.7 Å². The molecule has 2 aromatic rings. The lowest BCUT2D eigenvalue weighted by Gasteiger charge is -2.21. The molecule has 0 aliphatic rings. The molecule has 1 aromatic heterocycles. The molecule has 1 aromatic carbocycles. The third-order valence-corrected chi connectivity index (χ3v) is 2.45. The molecule has 0 aliphatic carbocycles. The Balaban J connectivity index is 2.09. The van der Waals surface area contributed by atoms with Gasteiger partial charge in [0.05, 0.1) is 6.21 Å². The average Bonchev–Trinajstić information content (AvgIpc) is 2.72. The molecular formula is C13H16N4OS. The van der Waals surface area contributed by atoms with Crippen LogP contribution in [0.4, 0.5) is 0 Å². The van der Waals surface area contributed by atoms with Crippen molar-refractivity contribution in [3.05, 3.63) is 40.9 Å². The topological polar surface area (TPSA) is 55.2 Å². The summed E-state index contributed by atoms with van der Waals surface area (Å²) < 4.78 is 7.70. The fraction of sp³-hybridized carbons (Fsp3) is 0.308. The maximum absolute atomic E-state index is 5.74. The Bertz CT molecular complexity index is 619. The summed E-state index contributed by atoms with van der Waals surface area (Å²) in [6.07, 6.45) is 3.24. The predicted molar refractivity (Wildman–Crippen MR) is 77.2 cm³/mol. The van der Waals surface area contributed by atoms with E-state index in [0.717, 1.165) is 11.3 Å². The number of H-pyrrole nitrogens is 1. The van der Waals surface area contributed by atoms with Gasteiger partial charge in [-0.3, -0.25) is 5.10 Å². The van der Waals surface area contributed by atoms with Crippen LogP contribution in [0.5, 0.6) is 5.75 Å². The van der Waals surface area contributed by atoms with Crippen molar-refractivity contribution >= 4 is 18.4 Å². The molecule has 100 valence electrons. The largest absolute Gasteiger partial charge is 0.488 e. The van der Waals surface area contributed by atoms with E-state index in [-0.39, 0.29) is 5.60 Å². The fourth-order valence-corrected chi connectivity index (χ4v) is 1.58. The standard InChI is InChI=1S/C13H16N4OS/c1-13(2,3)18-11-6-4-10(5-7-11)8-15-17-9-14-16-12(17)19/h4-9H,1-3H3,(H,16,19)/b15-8-. The van der Waals surface area contributed by atoms with E-state index in [0.29, 0.717) is 4.77 Å². The van der Waals surface area contributed by atoms with Gasteiger partial charge in [0, 0.05) is 0 Å². The molecular weight excluding hydrogens is 260 g/mol. The van der Waals surface area contributed by atoms with E-state index >= 15 is 0 Å². The van der Waals surface area contributed by atoms with Crippen molar-refractivity contribution in [2.45, 2.75) is 26.4 Å². The van der Waals surface area contributed by atoms with E-state index in [9.17, 15) is 0 Å². The van der Waals surface area contributed by atoms with E-state index in [2.05, 4.69) is 15.3 Å². The van der Waals surface area contributed by atoms with Gasteiger partial charge in [-0.2, -0.15) is 14.9 Å². The molecule has 0 aliphatic heterocycles. The molecule has 0 unspecified atom stereocenters. The minimum Gasteiger partial charge on any atom is -0.488 e. The zero-order valence-corrected chi connectivity index (χ0v) is 11.9. The highest BCUT2D eigenvalue weighted by molar-refractivity contribution is 7.71. The van der Waals surface area contributed by atoms with Crippen molar-refractivity contribution < 1.29 is 4.74 Å². The van der Waals surface area contributed by atoms with Gasteiger partial charge in [0.1, 0.15) is 17.7 Å². The first-order chi connectivity index (χ1) is 8.94. The van der Waals surface area contributed by atoms with Crippen LogP contribution in [0.25, 0.3) is 0 Å². The number of nitrogens with one attached hydrogen (secondary N) is 1. The average molecular weight is 276 g/mol. The number of aromatic amines is 1. The molecule has 6 heteroatoms. The van der Waals surface area contributed by atoms with Crippen LogP contribution in [0.2, 0.25) is 0 Å². The molecule has 19 heavy (non-hydrogen) atoms. The van der Waals surface area contributed by atoms with Crippen molar-refractivity contribution in [2.24, 2.45) is 5.10 Å². The molecule has 0 spiro atoms. The van der Waals surface area contributed by atoms with Crippen molar-refractivity contribution in [2.75, 3.05) is 0 Å². The van der Waals surface area contributed by atoms with Gasteiger partial charge in [-0.15, -0.1) is 0 Å². The molecule has 2 rings (SSSR count). The Morgan fingerprint density at radius 2 is 2.00 bits per heavy atom. The third kappa shape index (κ3) is 4.03. The Morgan fingerprint density at radius 3 is 2.53 bits per heavy atom. The number of hydrogen-bond acceptors (Lipinski definition) is 4. The van der Waals surface area contributed by atoms with Crippen LogP contribution >= 0.6 is 12.2 Å². The quantitative estimate of drug-likeness (QED) is 0.692. The summed E-state index contributed by atoms with van der Waals surface area (Å²) in [4.78, 5) is 0. The van der Waals surface area contributed by atoms with Gasteiger partial charge in [0.2, 0.25) is 4.77 Å². The van der Waals surface area contributed by atoms with E-state index in [1.165, 1.54) is 11.0 Å². The Hall–Kier alpha value is -1.95. The summed E-state index contributed by atoms with van der Waals surface area (Å²) in [7, 11) is 0. The Kier molecular flexibility index (Phi) is 3.80. The summed E-state index contributed by atoms with van der Waals surface area (Å²) in [5, 5.41) is 10.6. The van der Waals surface area contributed by atoms with Gasteiger partial charge in [-0.1, -0.05) is 0 Å². The zero-order chi connectivity index (χ0) is 13.9. The smallest absolute Gasteiger partial charge is 0.216 e. The lowest BCUT2D eigenvalue weighted by atomic mass is 10.2. The molecule has 0 radical (unpaired) electrons. The summed E-state index contributed by atoms with van der Waals surface area (Å²) >= 11 is 4.99. The van der Waals surface area contributed by atoms with Crippen LogP contribution in [-0.2, 0) is 0 Å². The maximum Gasteiger partial charge on any atom is 0.216 e. The first-order valence-electron chi connectivity index (χ1n) is 5.89. The minimum atomic E-state index is -0.195. The van der Waals surface area contributed by atoms with E-state index < -0.39 is 0 Å². The minimum absolute atomic E-state index is 0.195. The first kappa shape index (κ1) is 13.5. The van der Waals surface area contributed by atoms with E-state index in [4.69, 9.17) is 17.0 Å².